The molecule has 3 rings (SSSR count). The fourth-order valence-corrected chi connectivity index (χ4v) is 4.20. The van der Waals surface area contributed by atoms with Gasteiger partial charge in [-0.15, -0.1) is 11.3 Å². The lowest BCUT2D eigenvalue weighted by Gasteiger charge is -2.09. The zero-order chi connectivity index (χ0) is 24.1. The number of anilines is 1. The normalized spacial score (nSPS) is 10.5. The van der Waals surface area contributed by atoms with Crippen LogP contribution in [0.4, 0.5) is 5.00 Å². The minimum atomic E-state index is -0.849. The molecule has 1 N–H and O–H groups in total. The zero-order valence-electron chi connectivity index (χ0n) is 18.0. The first kappa shape index (κ1) is 24.1. The molecule has 0 atom stereocenters. The van der Waals surface area contributed by atoms with Gasteiger partial charge in [0.25, 0.3) is 5.91 Å². The Morgan fingerprint density at radius 3 is 2.48 bits per heavy atom. The number of benzene rings is 1. The van der Waals surface area contributed by atoms with Crippen molar-refractivity contribution in [2.75, 3.05) is 18.5 Å². The summed E-state index contributed by atoms with van der Waals surface area (Å²) in [6, 6.07) is 7.90. The third-order valence-corrected chi connectivity index (χ3v) is 5.83. The molecule has 0 aliphatic rings. The Bertz CT molecular complexity index is 1280. The summed E-state index contributed by atoms with van der Waals surface area (Å²) in [6.07, 6.45) is 1.41. The number of nitrogens with one attached hydrogen (secondary N) is 1. The summed E-state index contributed by atoms with van der Waals surface area (Å²) in [4.78, 5) is 50.3. The van der Waals surface area contributed by atoms with Gasteiger partial charge in [-0.3, -0.25) is 9.59 Å². The van der Waals surface area contributed by atoms with Crippen LogP contribution in [0.5, 0.6) is 0 Å². The quantitative estimate of drug-likeness (QED) is 0.501. The number of thiophene rings is 1. The number of hydrogen-bond acceptors (Lipinski definition) is 8. The van der Waals surface area contributed by atoms with E-state index in [2.05, 4.69) is 10.4 Å². The van der Waals surface area contributed by atoms with Gasteiger partial charge >= 0.3 is 11.9 Å². The van der Waals surface area contributed by atoms with E-state index in [1.165, 1.54) is 16.9 Å². The second-order valence-corrected chi connectivity index (χ2v) is 8.07. The average molecular weight is 490 g/mol. The molecule has 0 saturated heterocycles. The second-order valence-electron chi connectivity index (χ2n) is 6.61. The monoisotopic (exact) mass is 489 g/mol. The maximum absolute atomic E-state index is 13.0. The van der Waals surface area contributed by atoms with E-state index in [1.54, 1.807) is 45.0 Å². The van der Waals surface area contributed by atoms with Gasteiger partial charge in [-0.25, -0.2) is 14.3 Å². The van der Waals surface area contributed by atoms with Crippen molar-refractivity contribution in [1.82, 2.24) is 9.78 Å². The van der Waals surface area contributed by atoms with Crippen LogP contribution in [0.1, 0.15) is 49.9 Å². The van der Waals surface area contributed by atoms with Crippen LogP contribution in [0.3, 0.4) is 0 Å². The smallest absolute Gasteiger partial charge is 0.348 e. The van der Waals surface area contributed by atoms with E-state index in [4.69, 9.17) is 21.1 Å². The molecular weight excluding hydrogens is 470 g/mol. The van der Waals surface area contributed by atoms with Crippen LogP contribution in [-0.4, -0.2) is 40.8 Å². The van der Waals surface area contributed by atoms with Crippen molar-refractivity contribution in [3.05, 3.63) is 73.5 Å². The highest BCUT2D eigenvalue weighted by Crippen LogP contribution is 2.34. The van der Waals surface area contributed by atoms with E-state index in [1.807, 2.05) is 0 Å². The number of carbonyl (C=O) groups is 3. The van der Waals surface area contributed by atoms with Crippen LogP contribution < -0.4 is 10.7 Å². The third-order valence-electron chi connectivity index (χ3n) is 4.41. The van der Waals surface area contributed by atoms with Crippen LogP contribution in [0.15, 0.2) is 41.3 Å². The first-order valence-electron chi connectivity index (χ1n) is 9.91. The summed E-state index contributed by atoms with van der Waals surface area (Å²) in [6.45, 7) is 5.08. The molecule has 0 fully saturated rings. The molecule has 0 bridgehead atoms. The highest BCUT2D eigenvalue weighted by atomic mass is 35.5. The Morgan fingerprint density at radius 1 is 1.12 bits per heavy atom. The maximum Gasteiger partial charge on any atom is 0.348 e. The van der Waals surface area contributed by atoms with Crippen LogP contribution >= 0.6 is 22.9 Å². The average Bonchev–Trinajstić information content (AvgIpc) is 3.10. The fraction of sp³-hybridized carbons (Fsp3) is 0.227. The predicted molar refractivity (Wildman–Crippen MR) is 124 cm³/mol. The van der Waals surface area contributed by atoms with Gasteiger partial charge in [-0.05, 0) is 44.5 Å². The first-order chi connectivity index (χ1) is 15.8. The van der Waals surface area contributed by atoms with Crippen molar-refractivity contribution in [3.63, 3.8) is 0 Å². The van der Waals surface area contributed by atoms with Crippen molar-refractivity contribution in [1.29, 1.82) is 0 Å². The molecule has 0 saturated carbocycles. The Morgan fingerprint density at radius 2 is 1.82 bits per heavy atom. The molecule has 0 aliphatic carbocycles. The van der Waals surface area contributed by atoms with E-state index in [0.29, 0.717) is 16.3 Å². The van der Waals surface area contributed by atoms with Gasteiger partial charge in [-0.2, -0.15) is 5.10 Å². The van der Waals surface area contributed by atoms with E-state index in [-0.39, 0.29) is 28.7 Å². The molecule has 3 aromatic rings. The maximum atomic E-state index is 13.0. The number of esters is 2. The minimum absolute atomic E-state index is 0.0179. The Balaban J connectivity index is 2.01. The number of halogens is 1. The summed E-state index contributed by atoms with van der Waals surface area (Å²) in [5.74, 6) is -2.19. The van der Waals surface area contributed by atoms with Gasteiger partial charge < -0.3 is 14.8 Å². The Labute approximate surface area is 197 Å². The molecule has 33 heavy (non-hydrogen) atoms. The van der Waals surface area contributed by atoms with Crippen LogP contribution in [0.25, 0.3) is 5.69 Å². The lowest BCUT2D eigenvalue weighted by Crippen LogP contribution is -2.25. The van der Waals surface area contributed by atoms with E-state index < -0.39 is 29.0 Å². The topological polar surface area (TPSA) is 117 Å². The predicted octanol–water partition coefficient (Wildman–Crippen LogP) is 3.86. The number of ether oxygens (including phenoxy) is 2. The van der Waals surface area contributed by atoms with Crippen LogP contribution in [0.2, 0.25) is 5.02 Å². The summed E-state index contributed by atoms with van der Waals surface area (Å²) in [7, 11) is 0. The zero-order valence-corrected chi connectivity index (χ0v) is 19.6. The van der Waals surface area contributed by atoms with Crippen LogP contribution in [0, 0.1) is 6.92 Å². The van der Waals surface area contributed by atoms with E-state index >= 15 is 0 Å². The standard InChI is InChI=1S/C22H20ClN3O6S/c1-4-31-21(29)16-12(3)18(22(30)32-5-2)33-20(16)24-19(28)17-15(27)9-10-26(25-17)14-8-6-7-13(23)11-14/h6-11H,4-5H2,1-3H3,(H,24,28). The SMILES string of the molecule is CCOC(=O)c1sc(NC(=O)c2nn(-c3cccc(Cl)c3)ccc2=O)c(C(=O)OCC)c1C. The summed E-state index contributed by atoms with van der Waals surface area (Å²) in [5.41, 5.74) is -0.160. The van der Waals surface area contributed by atoms with Crippen molar-refractivity contribution < 1.29 is 23.9 Å². The summed E-state index contributed by atoms with van der Waals surface area (Å²) >= 11 is 6.87. The second kappa shape index (κ2) is 10.4. The Hall–Kier alpha value is -3.50. The number of rotatable bonds is 7. The van der Waals surface area contributed by atoms with Gasteiger partial charge in [0.1, 0.15) is 9.88 Å². The fourth-order valence-electron chi connectivity index (χ4n) is 2.93. The molecule has 2 heterocycles. The molecule has 0 aliphatic heterocycles. The molecule has 0 spiro atoms. The lowest BCUT2D eigenvalue weighted by atomic mass is 10.1. The molecule has 172 valence electrons. The van der Waals surface area contributed by atoms with Crippen molar-refractivity contribution >= 4 is 45.8 Å². The third kappa shape index (κ3) is 5.29. The highest BCUT2D eigenvalue weighted by molar-refractivity contribution is 7.18. The highest BCUT2D eigenvalue weighted by Gasteiger charge is 2.28. The van der Waals surface area contributed by atoms with Crippen molar-refractivity contribution in [2.45, 2.75) is 20.8 Å². The molecule has 11 heteroatoms. The molecule has 1 amide bonds. The lowest BCUT2D eigenvalue weighted by molar-refractivity contribution is 0.0527. The molecule has 9 nitrogen and oxygen atoms in total. The summed E-state index contributed by atoms with van der Waals surface area (Å²) in [5, 5.41) is 7.15. The number of carbonyl (C=O) groups excluding carboxylic acids is 3. The van der Waals surface area contributed by atoms with Gasteiger partial charge in [-0.1, -0.05) is 17.7 Å². The van der Waals surface area contributed by atoms with Gasteiger partial charge in [0, 0.05) is 17.3 Å². The van der Waals surface area contributed by atoms with Crippen molar-refractivity contribution in [3.8, 4) is 5.69 Å². The number of aromatic nitrogens is 2. The molecular formula is C22H20ClN3O6S. The molecule has 2 aromatic heterocycles. The number of amides is 1. The largest absolute Gasteiger partial charge is 0.462 e. The van der Waals surface area contributed by atoms with Crippen LogP contribution in [-0.2, 0) is 9.47 Å². The van der Waals surface area contributed by atoms with Crippen molar-refractivity contribution in [2.24, 2.45) is 0 Å². The summed E-state index contributed by atoms with van der Waals surface area (Å²) < 4.78 is 11.4. The molecule has 0 radical (unpaired) electrons. The molecule has 1 aromatic carbocycles. The molecule has 0 unspecified atom stereocenters. The van der Waals surface area contributed by atoms with Gasteiger partial charge in [0.05, 0.1) is 24.5 Å². The number of hydrogen-bond donors (Lipinski definition) is 1. The van der Waals surface area contributed by atoms with Gasteiger partial charge in [0.15, 0.2) is 5.69 Å². The van der Waals surface area contributed by atoms with Gasteiger partial charge in [0.2, 0.25) is 5.43 Å². The van der Waals surface area contributed by atoms with E-state index in [9.17, 15) is 19.2 Å². The number of nitrogens with zero attached hydrogens (tertiary/aromatic N) is 2. The first-order valence-corrected chi connectivity index (χ1v) is 11.1. The van der Waals surface area contributed by atoms with E-state index in [0.717, 1.165) is 11.3 Å². The minimum Gasteiger partial charge on any atom is -0.462 e. The Kier molecular flexibility index (Phi) is 7.62.